The van der Waals surface area contributed by atoms with Gasteiger partial charge in [0.15, 0.2) is 11.6 Å². The van der Waals surface area contributed by atoms with Crippen LogP contribution in [0, 0.1) is 17.6 Å². The minimum atomic E-state index is -0.931. The van der Waals surface area contributed by atoms with Crippen molar-refractivity contribution in [1.29, 1.82) is 0 Å². The monoisotopic (exact) mass is 407 g/mol. The van der Waals surface area contributed by atoms with Gasteiger partial charge in [0.1, 0.15) is 0 Å². The van der Waals surface area contributed by atoms with E-state index in [0.717, 1.165) is 31.4 Å². The van der Waals surface area contributed by atoms with Crippen LogP contribution in [0.2, 0.25) is 0 Å². The van der Waals surface area contributed by atoms with Crippen LogP contribution in [0.5, 0.6) is 0 Å². The molecule has 2 fully saturated rings. The Balaban J connectivity index is 1.39. The van der Waals surface area contributed by atoms with Crippen LogP contribution in [0.25, 0.3) is 0 Å². The maximum Gasteiger partial charge on any atom is 0.242 e. The third-order valence-corrected chi connectivity index (χ3v) is 5.62. The molecule has 0 saturated carbocycles. The number of nitrogens with zero attached hydrogens (tertiary/aromatic N) is 2. The van der Waals surface area contributed by atoms with Crippen molar-refractivity contribution in [3.8, 4) is 0 Å². The van der Waals surface area contributed by atoms with E-state index in [1.807, 2.05) is 0 Å². The summed E-state index contributed by atoms with van der Waals surface area (Å²) in [6.07, 6.45) is 4.17. The summed E-state index contributed by atoms with van der Waals surface area (Å²) >= 11 is 0. The highest BCUT2D eigenvalue weighted by molar-refractivity contribution is 5.86. The summed E-state index contributed by atoms with van der Waals surface area (Å²) in [6.45, 7) is 2.26. The zero-order chi connectivity index (χ0) is 20.8. The van der Waals surface area contributed by atoms with Gasteiger partial charge in [-0.2, -0.15) is 0 Å². The number of likely N-dealkylation sites (tertiary alicyclic amines) is 2. The van der Waals surface area contributed by atoms with Gasteiger partial charge in [0, 0.05) is 39.0 Å². The van der Waals surface area contributed by atoms with Crippen molar-refractivity contribution in [2.45, 2.75) is 45.1 Å². The van der Waals surface area contributed by atoms with Crippen molar-refractivity contribution in [1.82, 2.24) is 15.1 Å². The Bertz CT molecular complexity index is 772. The molecule has 3 amide bonds. The molecule has 2 heterocycles. The molecule has 3 rings (SSSR count). The minimum absolute atomic E-state index is 0.0206. The van der Waals surface area contributed by atoms with Crippen molar-refractivity contribution in [2.75, 3.05) is 26.2 Å². The molecule has 1 unspecified atom stereocenters. The topological polar surface area (TPSA) is 69.7 Å². The Hall–Kier alpha value is -2.51. The Morgan fingerprint density at radius 1 is 1.14 bits per heavy atom. The molecule has 6 nitrogen and oxygen atoms in total. The van der Waals surface area contributed by atoms with Crippen molar-refractivity contribution < 1.29 is 23.2 Å². The van der Waals surface area contributed by atoms with E-state index in [1.54, 1.807) is 9.80 Å². The van der Waals surface area contributed by atoms with Crippen molar-refractivity contribution in [3.63, 3.8) is 0 Å². The fraction of sp³-hybridized carbons (Fsp3) is 0.571. The van der Waals surface area contributed by atoms with E-state index < -0.39 is 11.6 Å². The number of nitrogens with one attached hydrogen (secondary N) is 1. The standard InChI is InChI=1S/C21H27F2N3O3/c22-17-7-5-16(11-18(17)23)12-24-19(27)8-6-15-3-1-9-25(13-15)21(29)14-26-10-2-4-20(26)28/h5,7,11,15H,1-4,6,8-10,12-14H2,(H,24,27). The number of hydrogen-bond donors (Lipinski definition) is 1. The molecule has 2 aliphatic heterocycles. The average molecular weight is 407 g/mol. The lowest BCUT2D eigenvalue weighted by Gasteiger charge is -2.33. The van der Waals surface area contributed by atoms with Crippen LogP contribution in [-0.4, -0.2) is 53.7 Å². The van der Waals surface area contributed by atoms with E-state index in [4.69, 9.17) is 0 Å². The lowest BCUT2D eigenvalue weighted by molar-refractivity contribution is -0.139. The van der Waals surface area contributed by atoms with Crippen LogP contribution >= 0.6 is 0 Å². The number of rotatable bonds is 7. The number of piperidine rings is 1. The Morgan fingerprint density at radius 2 is 1.97 bits per heavy atom. The van der Waals surface area contributed by atoms with Crippen LogP contribution in [0.3, 0.4) is 0 Å². The second-order valence-corrected chi connectivity index (χ2v) is 7.83. The van der Waals surface area contributed by atoms with Gasteiger partial charge in [-0.25, -0.2) is 8.78 Å². The highest BCUT2D eigenvalue weighted by atomic mass is 19.2. The fourth-order valence-electron chi connectivity index (χ4n) is 3.94. The Kier molecular flexibility index (Phi) is 7.17. The van der Waals surface area contributed by atoms with E-state index >= 15 is 0 Å². The number of hydrogen-bond acceptors (Lipinski definition) is 3. The van der Waals surface area contributed by atoms with Gasteiger partial charge in [0.05, 0.1) is 6.54 Å². The van der Waals surface area contributed by atoms with Gasteiger partial charge in [0.25, 0.3) is 0 Å². The molecular weight excluding hydrogens is 380 g/mol. The molecule has 1 N–H and O–H groups in total. The quantitative estimate of drug-likeness (QED) is 0.754. The molecule has 0 aromatic heterocycles. The molecule has 8 heteroatoms. The van der Waals surface area contributed by atoms with Crippen molar-refractivity contribution in [3.05, 3.63) is 35.4 Å². The average Bonchev–Trinajstić information content (AvgIpc) is 3.12. The summed E-state index contributed by atoms with van der Waals surface area (Å²) in [5.41, 5.74) is 0.503. The molecule has 2 saturated heterocycles. The van der Waals surface area contributed by atoms with E-state index in [1.165, 1.54) is 6.07 Å². The molecular formula is C21H27F2N3O3. The first-order valence-electron chi connectivity index (χ1n) is 10.2. The summed E-state index contributed by atoms with van der Waals surface area (Å²) < 4.78 is 26.1. The SMILES string of the molecule is O=C(CCC1CCCN(C(=O)CN2CCCC2=O)C1)NCc1ccc(F)c(F)c1. The lowest BCUT2D eigenvalue weighted by Crippen LogP contribution is -2.45. The molecule has 0 bridgehead atoms. The second-order valence-electron chi connectivity index (χ2n) is 7.83. The number of halogens is 2. The van der Waals surface area contributed by atoms with Gasteiger partial charge in [-0.15, -0.1) is 0 Å². The molecule has 1 atom stereocenters. The summed E-state index contributed by atoms with van der Waals surface area (Å²) in [5, 5.41) is 2.72. The molecule has 0 aliphatic carbocycles. The van der Waals surface area contributed by atoms with Crippen molar-refractivity contribution >= 4 is 17.7 Å². The largest absolute Gasteiger partial charge is 0.352 e. The summed E-state index contributed by atoms with van der Waals surface area (Å²) in [6, 6.07) is 3.56. The maximum atomic E-state index is 13.2. The summed E-state index contributed by atoms with van der Waals surface area (Å²) in [7, 11) is 0. The van der Waals surface area contributed by atoms with Gasteiger partial charge in [0.2, 0.25) is 17.7 Å². The number of carbonyl (C=O) groups is 3. The zero-order valence-electron chi connectivity index (χ0n) is 16.5. The predicted molar refractivity (Wildman–Crippen MR) is 103 cm³/mol. The first-order valence-corrected chi connectivity index (χ1v) is 10.2. The predicted octanol–water partition coefficient (Wildman–Crippen LogP) is 2.22. The molecule has 158 valence electrons. The first kappa shape index (κ1) is 21.2. The number of amides is 3. The first-order chi connectivity index (χ1) is 13.9. The van der Waals surface area contributed by atoms with Gasteiger partial charge >= 0.3 is 0 Å². The van der Waals surface area contributed by atoms with Crippen molar-refractivity contribution in [2.24, 2.45) is 5.92 Å². The second kappa shape index (κ2) is 9.80. The van der Waals surface area contributed by atoms with Gasteiger partial charge in [-0.1, -0.05) is 6.07 Å². The van der Waals surface area contributed by atoms with Gasteiger partial charge in [-0.05, 0) is 49.3 Å². The molecule has 0 radical (unpaired) electrons. The summed E-state index contributed by atoms with van der Waals surface area (Å²) in [4.78, 5) is 39.7. The Morgan fingerprint density at radius 3 is 2.69 bits per heavy atom. The maximum absolute atomic E-state index is 13.2. The molecule has 1 aromatic carbocycles. The van der Waals surface area contributed by atoms with E-state index in [-0.39, 0.29) is 36.7 Å². The van der Waals surface area contributed by atoms with Crippen LogP contribution in [0.15, 0.2) is 18.2 Å². The third-order valence-electron chi connectivity index (χ3n) is 5.62. The summed E-state index contributed by atoms with van der Waals surface area (Å²) in [5.74, 6) is -1.72. The van der Waals surface area contributed by atoms with Crippen LogP contribution < -0.4 is 5.32 Å². The highest BCUT2D eigenvalue weighted by Gasteiger charge is 2.28. The van der Waals surface area contributed by atoms with Crippen LogP contribution in [0.4, 0.5) is 8.78 Å². The van der Waals surface area contributed by atoms with Crippen LogP contribution in [-0.2, 0) is 20.9 Å². The van der Waals surface area contributed by atoms with E-state index in [9.17, 15) is 23.2 Å². The smallest absolute Gasteiger partial charge is 0.242 e. The highest BCUT2D eigenvalue weighted by Crippen LogP contribution is 2.22. The minimum Gasteiger partial charge on any atom is -0.352 e. The normalized spacial score (nSPS) is 19.5. The van der Waals surface area contributed by atoms with E-state index in [0.29, 0.717) is 44.5 Å². The fourth-order valence-corrected chi connectivity index (χ4v) is 3.94. The lowest BCUT2D eigenvalue weighted by atomic mass is 9.93. The van der Waals surface area contributed by atoms with E-state index in [2.05, 4.69) is 5.32 Å². The third kappa shape index (κ3) is 5.98. The molecule has 2 aliphatic rings. The van der Waals surface area contributed by atoms with Gasteiger partial charge < -0.3 is 15.1 Å². The Labute approximate surface area is 169 Å². The zero-order valence-corrected chi connectivity index (χ0v) is 16.5. The molecule has 29 heavy (non-hydrogen) atoms. The number of carbonyl (C=O) groups excluding carboxylic acids is 3. The molecule has 1 aromatic rings. The molecule has 0 spiro atoms. The van der Waals surface area contributed by atoms with Crippen LogP contribution in [0.1, 0.15) is 44.1 Å². The van der Waals surface area contributed by atoms with Gasteiger partial charge in [-0.3, -0.25) is 14.4 Å². The number of benzene rings is 1.